The maximum atomic E-state index is 12.2. The summed E-state index contributed by atoms with van der Waals surface area (Å²) >= 11 is 0. The van der Waals surface area contributed by atoms with Crippen LogP contribution in [0, 0.1) is 39.9 Å². The number of carbonyl (C=O) groups is 2. The molecule has 3 nitrogen and oxygen atoms in total. The number of allylic oxidation sites excluding steroid dienone is 1. The Kier molecular flexibility index (Phi) is 3.01. The zero-order valence-electron chi connectivity index (χ0n) is 14.3. The highest BCUT2D eigenvalue weighted by molar-refractivity contribution is 5.76. The van der Waals surface area contributed by atoms with E-state index in [4.69, 9.17) is 0 Å². The first-order chi connectivity index (χ1) is 10.8. The van der Waals surface area contributed by atoms with E-state index in [0.29, 0.717) is 18.3 Å². The lowest BCUT2D eigenvalue weighted by Crippen LogP contribution is -2.49. The summed E-state index contributed by atoms with van der Waals surface area (Å²) in [4.78, 5) is 24.4. The van der Waals surface area contributed by atoms with E-state index in [2.05, 4.69) is 13.5 Å². The van der Waals surface area contributed by atoms with E-state index in [9.17, 15) is 14.7 Å². The lowest BCUT2D eigenvalue weighted by Gasteiger charge is -2.50. The van der Waals surface area contributed by atoms with Gasteiger partial charge in [-0.25, -0.2) is 0 Å². The average Bonchev–Trinajstić information content (AvgIpc) is 2.87. The minimum atomic E-state index is -0.760. The molecule has 0 heterocycles. The quantitative estimate of drug-likeness (QED) is 0.617. The Morgan fingerprint density at radius 3 is 2.70 bits per heavy atom. The third-order valence-corrected chi connectivity index (χ3v) is 8.52. The molecular formula is C20H28O3. The fraction of sp³-hybridized carbons (Fsp3) is 0.800. The summed E-state index contributed by atoms with van der Waals surface area (Å²) in [5, 5.41) is 9.99. The highest BCUT2D eigenvalue weighted by Crippen LogP contribution is 2.77. The third-order valence-electron chi connectivity index (χ3n) is 8.52. The molecule has 23 heavy (non-hydrogen) atoms. The van der Waals surface area contributed by atoms with Crippen LogP contribution in [0.3, 0.4) is 0 Å². The zero-order chi connectivity index (χ0) is 16.6. The van der Waals surface area contributed by atoms with Crippen LogP contribution in [0.1, 0.15) is 58.8 Å². The molecule has 126 valence electrons. The van der Waals surface area contributed by atoms with Crippen molar-refractivity contribution in [2.75, 3.05) is 0 Å². The Balaban J connectivity index is 1.90. The summed E-state index contributed by atoms with van der Waals surface area (Å²) in [6, 6.07) is 0. The van der Waals surface area contributed by atoms with Crippen LogP contribution in [0.15, 0.2) is 12.2 Å². The molecular weight excluding hydrogens is 288 g/mol. The minimum absolute atomic E-state index is 0.00220. The molecule has 1 N–H and O–H groups in total. The van der Waals surface area contributed by atoms with Crippen LogP contribution in [-0.2, 0) is 9.59 Å². The van der Waals surface area contributed by atoms with Gasteiger partial charge in [0.25, 0.3) is 0 Å². The number of aliphatic carboxylic acids is 1. The SMILES string of the molecule is C=C1CC23CC1CC[C@H]2[C@]1(C)CCC[C@@](C)(C(=O)O)[C@H]1[C@@H]3C=O. The summed E-state index contributed by atoms with van der Waals surface area (Å²) in [6.45, 7) is 8.51. The topological polar surface area (TPSA) is 54.4 Å². The predicted molar refractivity (Wildman–Crippen MR) is 87.8 cm³/mol. The lowest BCUT2D eigenvalue weighted by atomic mass is 9.53. The van der Waals surface area contributed by atoms with Crippen molar-refractivity contribution in [3.63, 3.8) is 0 Å². The number of rotatable bonds is 2. The maximum Gasteiger partial charge on any atom is 0.309 e. The maximum absolute atomic E-state index is 12.2. The summed E-state index contributed by atoms with van der Waals surface area (Å²) in [5.41, 5.74) is 0.553. The molecule has 0 radical (unpaired) electrons. The Morgan fingerprint density at radius 2 is 2.04 bits per heavy atom. The second-order valence-corrected chi connectivity index (χ2v) is 9.32. The second kappa shape index (κ2) is 4.49. The van der Waals surface area contributed by atoms with Crippen LogP contribution < -0.4 is 0 Å². The molecule has 1 spiro atoms. The number of carboxylic acids is 1. The molecule has 4 rings (SSSR count). The van der Waals surface area contributed by atoms with Gasteiger partial charge in [-0.1, -0.05) is 25.5 Å². The molecule has 0 saturated heterocycles. The molecule has 4 saturated carbocycles. The van der Waals surface area contributed by atoms with E-state index in [1.807, 2.05) is 6.92 Å². The normalized spacial score (nSPS) is 54.4. The van der Waals surface area contributed by atoms with Gasteiger partial charge < -0.3 is 9.90 Å². The first kappa shape index (κ1) is 15.4. The molecule has 0 aromatic rings. The van der Waals surface area contributed by atoms with Crippen molar-refractivity contribution >= 4 is 12.3 Å². The molecule has 4 aliphatic rings. The first-order valence-electron chi connectivity index (χ1n) is 9.16. The van der Waals surface area contributed by atoms with Gasteiger partial charge in [-0.05, 0) is 74.0 Å². The van der Waals surface area contributed by atoms with Gasteiger partial charge in [0.15, 0.2) is 0 Å². The van der Waals surface area contributed by atoms with Crippen LogP contribution in [0.5, 0.6) is 0 Å². The fourth-order valence-electron chi connectivity index (χ4n) is 7.80. The van der Waals surface area contributed by atoms with E-state index < -0.39 is 11.4 Å². The van der Waals surface area contributed by atoms with Crippen molar-refractivity contribution in [1.29, 1.82) is 0 Å². The molecule has 7 atom stereocenters. The summed E-state index contributed by atoms with van der Waals surface area (Å²) in [6.07, 6.45) is 8.25. The van der Waals surface area contributed by atoms with E-state index in [1.165, 1.54) is 12.0 Å². The van der Waals surface area contributed by atoms with Crippen molar-refractivity contribution < 1.29 is 14.7 Å². The van der Waals surface area contributed by atoms with Crippen molar-refractivity contribution in [3.8, 4) is 0 Å². The molecule has 2 unspecified atom stereocenters. The van der Waals surface area contributed by atoms with Crippen LogP contribution >= 0.6 is 0 Å². The van der Waals surface area contributed by atoms with Crippen LogP contribution in [-0.4, -0.2) is 17.4 Å². The van der Waals surface area contributed by atoms with Crippen LogP contribution in [0.25, 0.3) is 0 Å². The van der Waals surface area contributed by atoms with Crippen LogP contribution in [0.2, 0.25) is 0 Å². The van der Waals surface area contributed by atoms with E-state index >= 15 is 0 Å². The highest BCUT2D eigenvalue weighted by atomic mass is 16.4. The van der Waals surface area contributed by atoms with Gasteiger partial charge in [0.05, 0.1) is 5.41 Å². The Hall–Kier alpha value is -1.12. The third kappa shape index (κ3) is 1.62. The first-order valence-corrected chi connectivity index (χ1v) is 9.16. The van der Waals surface area contributed by atoms with Gasteiger partial charge in [0.2, 0.25) is 0 Å². The molecule has 4 fully saturated rings. The molecule has 2 bridgehead atoms. The van der Waals surface area contributed by atoms with E-state index in [-0.39, 0.29) is 22.7 Å². The van der Waals surface area contributed by atoms with Gasteiger partial charge in [-0.3, -0.25) is 4.79 Å². The number of carboxylic acid groups (broad SMARTS) is 1. The molecule has 0 amide bonds. The number of aldehydes is 1. The summed E-state index contributed by atoms with van der Waals surface area (Å²) < 4.78 is 0. The van der Waals surface area contributed by atoms with Gasteiger partial charge in [-0.2, -0.15) is 0 Å². The molecule has 0 aromatic carbocycles. The van der Waals surface area contributed by atoms with Crippen molar-refractivity contribution in [1.82, 2.24) is 0 Å². The monoisotopic (exact) mass is 316 g/mol. The number of hydrogen-bond donors (Lipinski definition) is 1. The van der Waals surface area contributed by atoms with Gasteiger partial charge >= 0.3 is 5.97 Å². The van der Waals surface area contributed by atoms with Crippen LogP contribution in [0.4, 0.5) is 0 Å². The molecule has 4 aliphatic carbocycles. The second-order valence-electron chi connectivity index (χ2n) is 9.32. The Labute approximate surface area is 138 Å². The van der Waals surface area contributed by atoms with Gasteiger partial charge in [-0.15, -0.1) is 0 Å². The average molecular weight is 316 g/mol. The summed E-state index contributed by atoms with van der Waals surface area (Å²) in [7, 11) is 0. The summed E-state index contributed by atoms with van der Waals surface area (Å²) in [5.74, 6) is 0.219. The largest absolute Gasteiger partial charge is 0.481 e. The number of fused-ring (bicyclic) bond motifs is 3. The van der Waals surface area contributed by atoms with E-state index in [1.54, 1.807) is 0 Å². The Bertz CT molecular complexity index is 596. The van der Waals surface area contributed by atoms with Crippen molar-refractivity contribution in [2.45, 2.75) is 58.8 Å². The Morgan fingerprint density at radius 1 is 1.30 bits per heavy atom. The van der Waals surface area contributed by atoms with Gasteiger partial charge in [0, 0.05) is 5.92 Å². The molecule has 0 aliphatic heterocycles. The predicted octanol–water partition coefficient (Wildman–Crippen LogP) is 4.08. The highest BCUT2D eigenvalue weighted by Gasteiger charge is 2.73. The standard InChI is InChI=1S/C20H28O3/c1-12-9-20-10-13(12)5-6-15(20)18(2)7-4-8-19(3,17(22)23)16(18)14(20)11-21/h11,13-16H,1,4-10H2,2-3H3,(H,22,23)/t13?,14-,15-,16-,18-,19+,20?/m0/s1. The van der Waals surface area contributed by atoms with E-state index in [0.717, 1.165) is 38.4 Å². The molecule has 0 aromatic heterocycles. The molecule has 3 heteroatoms. The lowest BCUT2D eigenvalue weighted by molar-refractivity contribution is -0.161. The number of hydrogen-bond acceptors (Lipinski definition) is 2. The van der Waals surface area contributed by atoms with Crippen molar-refractivity contribution in [2.24, 2.45) is 39.9 Å². The smallest absolute Gasteiger partial charge is 0.309 e. The minimum Gasteiger partial charge on any atom is -0.481 e. The number of carbonyl (C=O) groups excluding carboxylic acids is 1. The van der Waals surface area contributed by atoms with Gasteiger partial charge in [0.1, 0.15) is 6.29 Å². The van der Waals surface area contributed by atoms with Crippen molar-refractivity contribution in [3.05, 3.63) is 12.2 Å². The fourth-order valence-corrected chi connectivity index (χ4v) is 7.80. The zero-order valence-corrected chi connectivity index (χ0v) is 14.3.